The standard InChI is InChI=1S/C15H14BrN3O2S/c1-7(2)19-14(21)10(6-17-19)13(20)9-4-5-11-12(8(9)3)18-15(16)22-11/h4-7,17H,1-3H3. The Bertz CT molecular complexity index is 936. The molecule has 1 aromatic carbocycles. The minimum atomic E-state index is -0.293. The van der Waals surface area contributed by atoms with Crippen molar-refractivity contribution in [1.82, 2.24) is 14.8 Å². The van der Waals surface area contributed by atoms with Crippen LogP contribution < -0.4 is 5.56 Å². The maximum absolute atomic E-state index is 12.7. The van der Waals surface area contributed by atoms with Crippen molar-refractivity contribution in [2.75, 3.05) is 0 Å². The van der Waals surface area contributed by atoms with E-state index >= 15 is 0 Å². The van der Waals surface area contributed by atoms with E-state index in [0.29, 0.717) is 5.56 Å². The first kappa shape index (κ1) is 15.2. The number of aryl methyl sites for hydroxylation is 1. The Morgan fingerprint density at radius 3 is 2.73 bits per heavy atom. The second-order valence-electron chi connectivity index (χ2n) is 5.34. The van der Waals surface area contributed by atoms with Gasteiger partial charge in [0.25, 0.3) is 5.56 Å². The fourth-order valence-electron chi connectivity index (χ4n) is 2.42. The Balaban J connectivity index is 2.13. The molecule has 1 N–H and O–H groups in total. The molecule has 0 saturated carbocycles. The number of nitrogens with zero attached hydrogens (tertiary/aromatic N) is 2. The van der Waals surface area contributed by atoms with Gasteiger partial charge < -0.3 is 5.10 Å². The fraction of sp³-hybridized carbons (Fsp3) is 0.267. The van der Waals surface area contributed by atoms with Crippen molar-refractivity contribution in [3.63, 3.8) is 0 Å². The second-order valence-corrected chi connectivity index (χ2v) is 7.64. The molecule has 0 radical (unpaired) electrons. The van der Waals surface area contributed by atoms with Crippen LogP contribution in [0.5, 0.6) is 0 Å². The molecule has 0 aliphatic heterocycles. The number of halogens is 1. The van der Waals surface area contributed by atoms with Crippen molar-refractivity contribution < 1.29 is 4.79 Å². The van der Waals surface area contributed by atoms with Crippen LogP contribution in [0.15, 0.2) is 27.0 Å². The number of carbonyl (C=O) groups excluding carboxylic acids is 1. The minimum absolute atomic E-state index is 0.0212. The Labute approximate surface area is 139 Å². The van der Waals surface area contributed by atoms with Gasteiger partial charge in [-0.15, -0.1) is 11.3 Å². The molecule has 3 rings (SSSR count). The summed E-state index contributed by atoms with van der Waals surface area (Å²) >= 11 is 4.88. The number of aromatic amines is 1. The molecule has 3 aromatic rings. The number of nitrogens with one attached hydrogen (secondary N) is 1. The summed E-state index contributed by atoms with van der Waals surface area (Å²) in [5, 5.41) is 2.85. The van der Waals surface area contributed by atoms with Gasteiger partial charge in [0.05, 0.1) is 10.2 Å². The van der Waals surface area contributed by atoms with Gasteiger partial charge in [0.2, 0.25) is 5.78 Å². The molecule has 0 unspecified atom stereocenters. The lowest BCUT2D eigenvalue weighted by Gasteiger charge is -2.05. The molecule has 0 saturated heterocycles. The molecule has 0 atom stereocenters. The molecule has 0 amide bonds. The van der Waals surface area contributed by atoms with Gasteiger partial charge in [-0.25, -0.2) is 4.98 Å². The monoisotopic (exact) mass is 379 g/mol. The van der Waals surface area contributed by atoms with E-state index < -0.39 is 0 Å². The van der Waals surface area contributed by atoms with Crippen molar-refractivity contribution in [2.24, 2.45) is 0 Å². The number of ketones is 1. The number of thiazole rings is 1. The Morgan fingerprint density at radius 2 is 2.09 bits per heavy atom. The third-order valence-electron chi connectivity index (χ3n) is 3.59. The number of hydrogen-bond acceptors (Lipinski definition) is 4. The number of carbonyl (C=O) groups is 1. The molecule has 114 valence electrons. The van der Waals surface area contributed by atoms with Crippen LogP contribution in [0, 0.1) is 6.92 Å². The number of fused-ring (bicyclic) bond motifs is 1. The first-order valence-electron chi connectivity index (χ1n) is 6.80. The van der Waals surface area contributed by atoms with Crippen LogP contribution in [0.1, 0.15) is 41.4 Å². The summed E-state index contributed by atoms with van der Waals surface area (Å²) in [5.74, 6) is -0.274. The number of aromatic nitrogens is 3. The van der Waals surface area contributed by atoms with Crippen LogP contribution in [0.4, 0.5) is 0 Å². The normalized spacial score (nSPS) is 11.5. The van der Waals surface area contributed by atoms with Crippen LogP contribution in [-0.2, 0) is 0 Å². The first-order valence-corrected chi connectivity index (χ1v) is 8.41. The fourth-order valence-corrected chi connectivity index (χ4v) is 3.87. The highest BCUT2D eigenvalue weighted by Gasteiger charge is 2.20. The van der Waals surface area contributed by atoms with Crippen LogP contribution >= 0.6 is 27.3 Å². The molecular formula is C15H14BrN3O2S. The maximum atomic E-state index is 12.7. The molecule has 0 bridgehead atoms. The van der Waals surface area contributed by atoms with Crippen molar-refractivity contribution >= 4 is 43.3 Å². The quantitative estimate of drug-likeness (QED) is 0.705. The predicted octanol–water partition coefficient (Wildman–Crippen LogP) is 3.67. The predicted molar refractivity (Wildman–Crippen MR) is 90.9 cm³/mol. The molecule has 0 aliphatic rings. The van der Waals surface area contributed by atoms with Crippen molar-refractivity contribution in [2.45, 2.75) is 26.8 Å². The molecule has 5 nitrogen and oxygen atoms in total. The highest BCUT2D eigenvalue weighted by Crippen LogP contribution is 2.30. The van der Waals surface area contributed by atoms with Gasteiger partial charge in [-0.1, -0.05) is 0 Å². The topological polar surface area (TPSA) is 67.8 Å². The number of rotatable bonds is 3. The molecule has 0 spiro atoms. The molecular weight excluding hydrogens is 366 g/mol. The average molecular weight is 380 g/mol. The summed E-state index contributed by atoms with van der Waals surface area (Å²) < 4.78 is 3.23. The largest absolute Gasteiger partial charge is 0.302 e. The van der Waals surface area contributed by atoms with Crippen molar-refractivity contribution in [3.05, 3.63) is 49.3 Å². The molecule has 0 fully saturated rings. The third kappa shape index (κ3) is 2.34. The molecule has 0 aliphatic carbocycles. The number of H-pyrrole nitrogens is 1. The lowest BCUT2D eigenvalue weighted by Crippen LogP contribution is -2.23. The number of hydrogen-bond donors (Lipinski definition) is 1. The number of benzene rings is 1. The van der Waals surface area contributed by atoms with Gasteiger partial charge in [-0.3, -0.25) is 14.3 Å². The van der Waals surface area contributed by atoms with E-state index in [2.05, 4.69) is 26.0 Å². The average Bonchev–Trinajstić information content (AvgIpc) is 3.01. The van der Waals surface area contributed by atoms with Crippen LogP contribution in [-0.4, -0.2) is 20.5 Å². The summed E-state index contributed by atoms with van der Waals surface area (Å²) in [6, 6.07) is 3.61. The smallest absolute Gasteiger partial charge is 0.277 e. The van der Waals surface area contributed by atoms with Crippen LogP contribution in [0.3, 0.4) is 0 Å². The minimum Gasteiger partial charge on any atom is -0.302 e. The first-order chi connectivity index (χ1) is 10.4. The molecule has 22 heavy (non-hydrogen) atoms. The zero-order valence-electron chi connectivity index (χ0n) is 12.3. The van der Waals surface area contributed by atoms with E-state index in [1.54, 1.807) is 6.07 Å². The van der Waals surface area contributed by atoms with E-state index in [-0.39, 0.29) is 22.9 Å². The third-order valence-corrected chi connectivity index (χ3v) is 5.06. The summed E-state index contributed by atoms with van der Waals surface area (Å²) in [6.45, 7) is 5.63. The van der Waals surface area contributed by atoms with E-state index in [1.165, 1.54) is 22.2 Å². The highest BCUT2D eigenvalue weighted by atomic mass is 79.9. The lowest BCUT2D eigenvalue weighted by molar-refractivity contribution is 0.103. The maximum Gasteiger partial charge on any atom is 0.277 e. The second kappa shape index (κ2) is 5.48. The van der Waals surface area contributed by atoms with Gasteiger partial charge in [0, 0.05) is 17.8 Å². The van der Waals surface area contributed by atoms with Gasteiger partial charge in [-0.05, 0) is 54.4 Å². The van der Waals surface area contributed by atoms with Crippen molar-refractivity contribution in [1.29, 1.82) is 0 Å². The zero-order chi connectivity index (χ0) is 16.0. The van der Waals surface area contributed by atoms with Gasteiger partial charge in [0.1, 0.15) is 5.56 Å². The molecule has 7 heteroatoms. The molecule has 2 heterocycles. The highest BCUT2D eigenvalue weighted by molar-refractivity contribution is 9.11. The lowest BCUT2D eigenvalue weighted by atomic mass is 10.0. The summed E-state index contributed by atoms with van der Waals surface area (Å²) in [4.78, 5) is 29.4. The Kier molecular flexibility index (Phi) is 3.78. The van der Waals surface area contributed by atoms with Gasteiger partial charge in [-0.2, -0.15) is 0 Å². The van der Waals surface area contributed by atoms with Crippen LogP contribution in [0.25, 0.3) is 10.2 Å². The van der Waals surface area contributed by atoms with Crippen LogP contribution in [0.2, 0.25) is 0 Å². The van der Waals surface area contributed by atoms with Crippen molar-refractivity contribution in [3.8, 4) is 0 Å². The summed E-state index contributed by atoms with van der Waals surface area (Å²) in [5.41, 5.74) is 1.96. The van der Waals surface area contributed by atoms with E-state index in [9.17, 15) is 9.59 Å². The zero-order valence-corrected chi connectivity index (χ0v) is 14.7. The van der Waals surface area contributed by atoms with Gasteiger partial charge in [0.15, 0.2) is 3.92 Å². The summed E-state index contributed by atoms with van der Waals surface area (Å²) in [6.07, 6.45) is 1.48. The van der Waals surface area contributed by atoms with E-state index in [0.717, 1.165) is 19.7 Å². The van der Waals surface area contributed by atoms with Gasteiger partial charge >= 0.3 is 0 Å². The SMILES string of the molecule is Cc1c(C(=O)c2c[nH]n(C(C)C)c2=O)ccc2sc(Br)nc12. The summed E-state index contributed by atoms with van der Waals surface area (Å²) in [7, 11) is 0. The Hall–Kier alpha value is -1.73. The Morgan fingerprint density at radius 1 is 1.36 bits per heavy atom. The van der Waals surface area contributed by atoms with E-state index in [1.807, 2.05) is 26.8 Å². The molecule has 2 aromatic heterocycles. The van der Waals surface area contributed by atoms with E-state index in [4.69, 9.17) is 0 Å².